The Morgan fingerprint density at radius 1 is 1.40 bits per heavy atom. The van der Waals surface area contributed by atoms with Gasteiger partial charge in [0.2, 0.25) is 0 Å². The van der Waals surface area contributed by atoms with Crippen molar-refractivity contribution in [1.29, 1.82) is 0 Å². The van der Waals surface area contributed by atoms with Crippen LogP contribution in [0.5, 0.6) is 0 Å². The molecule has 0 bridgehead atoms. The van der Waals surface area contributed by atoms with Gasteiger partial charge in [0.05, 0.1) is 11.8 Å². The summed E-state index contributed by atoms with van der Waals surface area (Å²) in [5.41, 5.74) is -0.0892. The zero-order chi connectivity index (χ0) is 15.1. The molecule has 0 spiro atoms. The van der Waals surface area contributed by atoms with Gasteiger partial charge in [0, 0.05) is 11.0 Å². The molecular weight excluding hydrogens is 331 g/mol. The second-order valence-corrected chi connectivity index (χ2v) is 5.15. The molecule has 1 rings (SSSR count). The monoisotopic (exact) mass is 346 g/mol. The first-order valence-corrected chi connectivity index (χ1v) is 6.95. The van der Waals surface area contributed by atoms with Gasteiger partial charge in [0.25, 0.3) is 0 Å². The molecule has 0 saturated heterocycles. The molecule has 0 aromatic heterocycles. The summed E-state index contributed by atoms with van der Waals surface area (Å²) >= 11 is 3.14. The Kier molecular flexibility index (Phi) is 6.60. The second-order valence-electron chi connectivity index (χ2n) is 4.23. The molecule has 3 N–H and O–H groups in total. The maximum absolute atomic E-state index is 13.4. The maximum atomic E-state index is 13.4. The van der Waals surface area contributed by atoms with E-state index in [-0.39, 0.29) is 12.2 Å². The average Bonchev–Trinajstić information content (AvgIpc) is 2.40. The third-order valence-corrected chi connectivity index (χ3v) is 3.00. The summed E-state index contributed by atoms with van der Waals surface area (Å²) in [5, 5.41) is 13.9. The number of rotatable bonds is 5. The van der Waals surface area contributed by atoms with Gasteiger partial charge >= 0.3 is 11.8 Å². The highest BCUT2D eigenvalue weighted by Gasteiger charge is 2.16. The molecular formula is C13H16BrFN2O3. The van der Waals surface area contributed by atoms with Crippen LogP contribution in [0.15, 0.2) is 22.7 Å². The van der Waals surface area contributed by atoms with Crippen molar-refractivity contribution in [1.82, 2.24) is 5.32 Å². The quantitative estimate of drug-likeness (QED) is 0.711. The van der Waals surface area contributed by atoms with Crippen molar-refractivity contribution in [2.45, 2.75) is 25.9 Å². The molecule has 1 aromatic rings. The van der Waals surface area contributed by atoms with E-state index in [4.69, 9.17) is 0 Å². The van der Waals surface area contributed by atoms with Crippen LogP contribution in [0.25, 0.3) is 0 Å². The van der Waals surface area contributed by atoms with Crippen molar-refractivity contribution < 1.29 is 19.1 Å². The minimum absolute atomic E-state index is 0.0128. The molecule has 0 radical (unpaired) electrons. The number of hydrogen-bond acceptors (Lipinski definition) is 3. The van der Waals surface area contributed by atoms with E-state index in [1.807, 2.05) is 6.92 Å². The number of carbonyl (C=O) groups excluding carboxylic acids is 2. The predicted octanol–water partition coefficient (Wildman–Crippen LogP) is 1.80. The number of aliphatic hydroxyl groups excluding tert-OH is 1. The zero-order valence-corrected chi connectivity index (χ0v) is 12.5. The van der Waals surface area contributed by atoms with Crippen LogP contribution < -0.4 is 10.6 Å². The molecule has 1 atom stereocenters. The Hall–Kier alpha value is -1.47. The number of anilines is 1. The second kappa shape index (κ2) is 7.96. The van der Waals surface area contributed by atoms with Crippen LogP contribution in [0.3, 0.4) is 0 Å². The van der Waals surface area contributed by atoms with Gasteiger partial charge in [-0.1, -0.05) is 29.3 Å². The van der Waals surface area contributed by atoms with E-state index in [1.54, 1.807) is 0 Å². The van der Waals surface area contributed by atoms with E-state index in [1.165, 1.54) is 18.2 Å². The summed E-state index contributed by atoms with van der Waals surface area (Å²) in [6, 6.07) is 4.00. The van der Waals surface area contributed by atoms with Gasteiger partial charge < -0.3 is 15.7 Å². The molecule has 0 aliphatic rings. The van der Waals surface area contributed by atoms with Crippen LogP contribution >= 0.6 is 15.9 Å². The van der Waals surface area contributed by atoms with E-state index in [9.17, 15) is 19.1 Å². The molecule has 0 aliphatic heterocycles. The molecule has 0 fully saturated rings. The lowest BCUT2D eigenvalue weighted by Crippen LogP contribution is -2.39. The zero-order valence-electron chi connectivity index (χ0n) is 11.0. The SMILES string of the molecule is CCCC(O)CNC(=O)C(=O)Nc1cc(Br)ccc1F. The summed E-state index contributed by atoms with van der Waals surface area (Å²) in [5.74, 6) is -2.54. The predicted molar refractivity (Wildman–Crippen MR) is 76.7 cm³/mol. The van der Waals surface area contributed by atoms with E-state index in [0.717, 1.165) is 6.42 Å². The number of benzene rings is 1. The van der Waals surface area contributed by atoms with Crippen molar-refractivity contribution in [3.63, 3.8) is 0 Å². The summed E-state index contributed by atoms with van der Waals surface area (Å²) in [6.45, 7) is 1.88. The Labute approximate surface area is 124 Å². The largest absolute Gasteiger partial charge is 0.391 e. The summed E-state index contributed by atoms with van der Waals surface area (Å²) in [4.78, 5) is 23.0. The van der Waals surface area contributed by atoms with Gasteiger partial charge in [-0.25, -0.2) is 4.39 Å². The molecule has 110 valence electrons. The molecule has 0 aliphatic carbocycles. The van der Waals surface area contributed by atoms with Gasteiger partial charge in [-0.05, 0) is 24.6 Å². The van der Waals surface area contributed by atoms with E-state index in [2.05, 4.69) is 26.6 Å². The molecule has 1 unspecified atom stereocenters. The van der Waals surface area contributed by atoms with Crippen molar-refractivity contribution in [3.05, 3.63) is 28.5 Å². The minimum atomic E-state index is -0.981. The van der Waals surface area contributed by atoms with E-state index >= 15 is 0 Å². The van der Waals surface area contributed by atoms with Crippen LogP contribution in [-0.2, 0) is 9.59 Å². The van der Waals surface area contributed by atoms with Gasteiger partial charge in [-0.15, -0.1) is 0 Å². The standard InChI is InChI=1S/C13H16BrFN2O3/c1-2-3-9(18)7-16-12(19)13(20)17-11-6-8(14)4-5-10(11)15/h4-6,9,18H,2-3,7H2,1H3,(H,16,19)(H,17,20). The summed E-state index contributed by atoms with van der Waals surface area (Å²) < 4.78 is 14.0. The van der Waals surface area contributed by atoms with Crippen LogP contribution in [0, 0.1) is 5.82 Å². The van der Waals surface area contributed by atoms with Crippen LogP contribution in [0.1, 0.15) is 19.8 Å². The molecule has 2 amide bonds. The number of hydrogen-bond donors (Lipinski definition) is 3. The fourth-order valence-corrected chi connectivity index (χ4v) is 1.86. The topological polar surface area (TPSA) is 78.4 Å². The van der Waals surface area contributed by atoms with Crippen molar-refractivity contribution in [2.75, 3.05) is 11.9 Å². The van der Waals surface area contributed by atoms with Crippen molar-refractivity contribution in [3.8, 4) is 0 Å². The lowest BCUT2D eigenvalue weighted by Gasteiger charge is -2.11. The highest BCUT2D eigenvalue weighted by Crippen LogP contribution is 2.19. The van der Waals surface area contributed by atoms with Gasteiger partial charge in [0.1, 0.15) is 5.82 Å². The lowest BCUT2D eigenvalue weighted by molar-refractivity contribution is -0.136. The molecule has 5 nitrogen and oxygen atoms in total. The third-order valence-electron chi connectivity index (χ3n) is 2.50. The molecule has 0 saturated carbocycles. The Balaban J connectivity index is 2.53. The van der Waals surface area contributed by atoms with Gasteiger partial charge in [-0.3, -0.25) is 9.59 Å². The molecule has 1 aromatic carbocycles. The summed E-state index contributed by atoms with van der Waals surface area (Å²) in [6.07, 6.45) is 0.605. The number of carbonyl (C=O) groups is 2. The first-order chi connectivity index (χ1) is 9.43. The van der Waals surface area contributed by atoms with Crippen LogP contribution in [-0.4, -0.2) is 29.6 Å². The van der Waals surface area contributed by atoms with Crippen molar-refractivity contribution >= 4 is 33.4 Å². The van der Waals surface area contributed by atoms with E-state index < -0.39 is 23.7 Å². The molecule has 7 heteroatoms. The Bertz CT molecular complexity index is 497. The normalized spacial score (nSPS) is 11.8. The van der Waals surface area contributed by atoms with Crippen LogP contribution in [0.2, 0.25) is 0 Å². The number of aliphatic hydroxyl groups is 1. The first kappa shape index (κ1) is 16.6. The van der Waals surface area contributed by atoms with Gasteiger partial charge in [0.15, 0.2) is 0 Å². The molecule has 20 heavy (non-hydrogen) atoms. The number of nitrogens with one attached hydrogen (secondary N) is 2. The number of halogens is 2. The highest BCUT2D eigenvalue weighted by molar-refractivity contribution is 9.10. The Morgan fingerprint density at radius 3 is 2.75 bits per heavy atom. The average molecular weight is 347 g/mol. The molecule has 0 heterocycles. The third kappa shape index (κ3) is 5.26. The highest BCUT2D eigenvalue weighted by atomic mass is 79.9. The fourth-order valence-electron chi connectivity index (χ4n) is 1.50. The smallest absolute Gasteiger partial charge is 0.313 e. The fraction of sp³-hybridized carbons (Fsp3) is 0.385. The minimum Gasteiger partial charge on any atom is -0.391 e. The van der Waals surface area contributed by atoms with Crippen LogP contribution in [0.4, 0.5) is 10.1 Å². The maximum Gasteiger partial charge on any atom is 0.313 e. The van der Waals surface area contributed by atoms with Gasteiger partial charge in [-0.2, -0.15) is 0 Å². The first-order valence-electron chi connectivity index (χ1n) is 6.16. The Morgan fingerprint density at radius 2 is 2.10 bits per heavy atom. The lowest BCUT2D eigenvalue weighted by atomic mass is 10.2. The number of amides is 2. The summed E-state index contributed by atoms with van der Waals surface area (Å²) in [7, 11) is 0. The van der Waals surface area contributed by atoms with E-state index in [0.29, 0.717) is 10.9 Å². The van der Waals surface area contributed by atoms with Crippen molar-refractivity contribution in [2.24, 2.45) is 0 Å².